The lowest BCUT2D eigenvalue weighted by molar-refractivity contribution is -0.127. The fraction of sp³-hybridized carbons (Fsp3) is 0.150. The number of carbonyl (C=O) groups is 1. The van der Waals surface area contributed by atoms with E-state index in [2.05, 4.69) is 5.32 Å². The van der Waals surface area contributed by atoms with Gasteiger partial charge >= 0.3 is 0 Å². The van der Waals surface area contributed by atoms with E-state index in [0.29, 0.717) is 5.75 Å². The molecule has 2 unspecified atom stereocenters. The van der Waals surface area contributed by atoms with Crippen LogP contribution in [0.3, 0.4) is 0 Å². The molecule has 0 aliphatic carbocycles. The maximum atomic E-state index is 13.2. The van der Waals surface area contributed by atoms with Crippen molar-refractivity contribution in [1.82, 2.24) is 5.32 Å². The molecule has 2 atom stereocenters. The zero-order chi connectivity index (χ0) is 17.6. The number of benzene rings is 2. The van der Waals surface area contributed by atoms with Gasteiger partial charge in [-0.3, -0.25) is 4.79 Å². The molecule has 2 aromatic carbocycles. The first-order valence-corrected chi connectivity index (χ1v) is 8.82. The first-order chi connectivity index (χ1) is 12.1. The second-order valence-corrected chi connectivity index (χ2v) is 6.56. The highest BCUT2D eigenvalue weighted by Gasteiger charge is 2.22. The summed E-state index contributed by atoms with van der Waals surface area (Å²) in [5.74, 6) is 0.104. The van der Waals surface area contributed by atoms with Crippen LogP contribution in [0.25, 0.3) is 0 Å². The number of halogens is 1. The van der Waals surface area contributed by atoms with Crippen LogP contribution >= 0.6 is 11.3 Å². The lowest BCUT2D eigenvalue weighted by Gasteiger charge is -2.21. The highest BCUT2D eigenvalue weighted by molar-refractivity contribution is 7.10. The fourth-order valence-electron chi connectivity index (χ4n) is 2.45. The zero-order valence-corrected chi connectivity index (χ0v) is 14.5. The van der Waals surface area contributed by atoms with Crippen molar-refractivity contribution in [2.45, 2.75) is 19.1 Å². The normalized spacial score (nSPS) is 13.0. The van der Waals surface area contributed by atoms with Gasteiger partial charge in [0.25, 0.3) is 5.91 Å². The molecule has 25 heavy (non-hydrogen) atoms. The lowest BCUT2D eigenvalue weighted by atomic mass is 10.0. The minimum absolute atomic E-state index is 0.230. The minimum Gasteiger partial charge on any atom is -0.481 e. The molecule has 1 heterocycles. The van der Waals surface area contributed by atoms with Gasteiger partial charge in [-0.05, 0) is 48.2 Å². The summed E-state index contributed by atoms with van der Waals surface area (Å²) in [4.78, 5) is 13.6. The van der Waals surface area contributed by atoms with Gasteiger partial charge in [0.2, 0.25) is 0 Å². The summed E-state index contributed by atoms with van der Waals surface area (Å²) >= 11 is 1.54. The molecule has 3 rings (SSSR count). The van der Waals surface area contributed by atoms with Gasteiger partial charge in [0.15, 0.2) is 6.10 Å². The van der Waals surface area contributed by atoms with E-state index in [1.165, 1.54) is 23.5 Å². The Morgan fingerprint density at radius 2 is 1.76 bits per heavy atom. The van der Waals surface area contributed by atoms with Crippen LogP contribution in [0.1, 0.15) is 23.4 Å². The molecule has 0 aliphatic heterocycles. The maximum absolute atomic E-state index is 13.2. The molecule has 1 amide bonds. The molecule has 3 nitrogen and oxygen atoms in total. The Labute approximate surface area is 150 Å². The number of nitrogens with one attached hydrogen (secondary N) is 1. The van der Waals surface area contributed by atoms with Crippen LogP contribution in [0.4, 0.5) is 4.39 Å². The van der Waals surface area contributed by atoms with Gasteiger partial charge in [-0.25, -0.2) is 4.39 Å². The third-order valence-corrected chi connectivity index (χ3v) is 4.68. The Balaban J connectivity index is 1.75. The Kier molecular flexibility index (Phi) is 5.46. The number of hydrogen-bond acceptors (Lipinski definition) is 3. The summed E-state index contributed by atoms with van der Waals surface area (Å²) in [7, 11) is 0. The zero-order valence-electron chi connectivity index (χ0n) is 13.7. The SMILES string of the molecule is CC(Oc1ccccc1)C(=O)NC(c1ccc(F)cc1)c1cccs1. The van der Waals surface area contributed by atoms with Gasteiger partial charge < -0.3 is 10.1 Å². The van der Waals surface area contributed by atoms with Crippen molar-refractivity contribution in [3.05, 3.63) is 88.4 Å². The molecule has 5 heteroatoms. The Morgan fingerprint density at radius 3 is 2.40 bits per heavy atom. The summed E-state index contributed by atoms with van der Waals surface area (Å²) in [5.41, 5.74) is 0.823. The van der Waals surface area contributed by atoms with E-state index in [0.717, 1.165) is 10.4 Å². The number of para-hydroxylation sites is 1. The number of amides is 1. The number of ether oxygens (including phenoxy) is 1. The summed E-state index contributed by atoms with van der Waals surface area (Å²) in [6.45, 7) is 1.71. The van der Waals surface area contributed by atoms with Crippen molar-refractivity contribution in [1.29, 1.82) is 0 Å². The van der Waals surface area contributed by atoms with Gasteiger partial charge in [0.1, 0.15) is 11.6 Å². The van der Waals surface area contributed by atoms with Gasteiger partial charge in [0, 0.05) is 4.88 Å². The van der Waals surface area contributed by atoms with E-state index in [1.54, 1.807) is 31.2 Å². The largest absolute Gasteiger partial charge is 0.481 e. The molecule has 128 valence electrons. The average molecular weight is 355 g/mol. The van der Waals surface area contributed by atoms with Gasteiger partial charge in [-0.2, -0.15) is 0 Å². The van der Waals surface area contributed by atoms with E-state index in [9.17, 15) is 9.18 Å². The summed E-state index contributed by atoms with van der Waals surface area (Å²) in [5, 5.41) is 4.95. The number of hydrogen-bond donors (Lipinski definition) is 1. The quantitative estimate of drug-likeness (QED) is 0.704. The maximum Gasteiger partial charge on any atom is 0.261 e. The lowest BCUT2D eigenvalue weighted by Crippen LogP contribution is -2.38. The third-order valence-electron chi connectivity index (χ3n) is 3.74. The third kappa shape index (κ3) is 4.45. The molecule has 3 aromatic rings. The molecular formula is C20H18FNO2S. The summed E-state index contributed by atoms with van der Waals surface area (Å²) in [6, 6.07) is 18.9. The van der Waals surface area contributed by atoms with Crippen LogP contribution < -0.4 is 10.1 Å². The Morgan fingerprint density at radius 1 is 1.04 bits per heavy atom. The summed E-state index contributed by atoms with van der Waals surface area (Å²) < 4.78 is 18.9. The Bertz CT molecular complexity index is 803. The highest BCUT2D eigenvalue weighted by atomic mass is 32.1. The second kappa shape index (κ2) is 7.94. The predicted molar refractivity (Wildman–Crippen MR) is 97.2 cm³/mol. The van der Waals surface area contributed by atoms with Crippen molar-refractivity contribution in [2.24, 2.45) is 0 Å². The van der Waals surface area contributed by atoms with E-state index in [4.69, 9.17) is 4.74 Å². The molecule has 1 aromatic heterocycles. The van der Waals surface area contributed by atoms with Crippen LogP contribution in [-0.4, -0.2) is 12.0 Å². The summed E-state index contributed by atoms with van der Waals surface area (Å²) in [6.07, 6.45) is -0.648. The van der Waals surface area contributed by atoms with Crippen LogP contribution in [0, 0.1) is 5.82 Å². The number of thiophene rings is 1. The molecule has 1 N–H and O–H groups in total. The number of carbonyl (C=O) groups excluding carboxylic acids is 1. The van der Waals surface area contributed by atoms with Gasteiger partial charge in [0.05, 0.1) is 6.04 Å². The molecular weight excluding hydrogens is 337 g/mol. The molecule has 0 radical (unpaired) electrons. The molecule has 0 bridgehead atoms. The first kappa shape index (κ1) is 17.2. The van der Waals surface area contributed by atoms with Crippen molar-refractivity contribution in [2.75, 3.05) is 0 Å². The van der Waals surface area contributed by atoms with Crippen LogP contribution in [0.15, 0.2) is 72.1 Å². The van der Waals surface area contributed by atoms with Gasteiger partial charge in [-0.15, -0.1) is 11.3 Å². The number of rotatable bonds is 6. The smallest absolute Gasteiger partial charge is 0.261 e. The van der Waals surface area contributed by atoms with Crippen LogP contribution in [-0.2, 0) is 4.79 Å². The van der Waals surface area contributed by atoms with Crippen LogP contribution in [0.5, 0.6) is 5.75 Å². The second-order valence-electron chi connectivity index (χ2n) is 5.58. The van der Waals surface area contributed by atoms with E-state index in [-0.39, 0.29) is 17.8 Å². The average Bonchev–Trinajstić information content (AvgIpc) is 3.15. The monoisotopic (exact) mass is 355 g/mol. The van der Waals surface area contributed by atoms with E-state index >= 15 is 0 Å². The molecule has 0 saturated carbocycles. The molecule has 0 spiro atoms. The molecule has 0 fully saturated rings. The topological polar surface area (TPSA) is 38.3 Å². The van der Waals surface area contributed by atoms with Crippen molar-refractivity contribution in [3.8, 4) is 5.75 Å². The van der Waals surface area contributed by atoms with Crippen molar-refractivity contribution < 1.29 is 13.9 Å². The first-order valence-electron chi connectivity index (χ1n) is 7.94. The minimum atomic E-state index is -0.648. The Hall–Kier alpha value is -2.66. The van der Waals surface area contributed by atoms with Crippen molar-refractivity contribution in [3.63, 3.8) is 0 Å². The van der Waals surface area contributed by atoms with Gasteiger partial charge in [-0.1, -0.05) is 36.4 Å². The van der Waals surface area contributed by atoms with Crippen molar-refractivity contribution >= 4 is 17.2 Å². The highest BCUT2D eigenvalue weighted by Crippen LogP contribution is 2.26. The standard InChI is InChI=1S/C20H18FNO2S/c1-14(24-17-6-3-2-4-7-17)20(23)22-19(18-8-5-13-25-18)15-9-11-16(21)12-10-15/h2-14,19H,1H3,(H,22,23). The van der Waals surface area contributed by atoms with Crippen LogP contribution in [0.2, 0.25) is 0 Å². The van der Waals surface area contributed by atoms with E-state index < -0.39 is 6.10 Å². The predicted octanol–water partition coefficient (Wildman–Crippen LogP) is 4.56. The van der Waals surface area contributed by atoms with E-state index in [1.807, 2.05) is 35.7 Å². The molecule has 0 saturated heterocycles. The fourth-order valence-corrected chi connectivity index (χ4v) is 3.25. The molecule has 0 aliphatic rings.